The van der Waals surface area contributed by atoms with Crippen LogP contribution in [0.25, 0.3) is 0 Å². The maximum absolute atomic E-state index is 11.5. The molecule has 0 aromatic heterocycles. The van der Waals surface area contributed by atoms with E-state index < -0.39 is 6.10 Å². The maximum atomic E-state index is 11.5. The van der Waals surface area contributed by atoms with Crippen LogP contribution in [0.1, 0.15) is 12.5 Å². The van der Waals surface area contributed by atoms with Crippen LogP contribution in [-0.2, 0) is 9.53 Å². The summed E-state index contributed by atoms with van der Waals surface area (Å²) in [6.07, 6.45) is -0.440. The Balaban J connectivity index is 2.76. The van der Waals surface area contributed by atoms with Crippen LogP contribution < -0.4 is 5.32 Å². The Kier molecular flexibility index (Phi) is 4.29. The zero-order valence-corrected chi connectivity index (χ0v) is 10.6. The molecule has 0 saturated carbocycles. The number of rotatable bonds is 3. The first-order chi connectivity index (χ1) is 7.02. The molecule has 3 nitrogen and oxygen atoms in total. The quantitative estimate of drug-likeness (QED) is 0.918. The van der Waals surface area contributed by atoms with Gasteiger partial charge in [-0.25, -0.2) is 0 Å². The minimum Gasteiger partial charge on any atom is -0.372 e. The number of hydrogen-bond acceptors (Lipinski definition) is 2. The number of anilines is 1. The van der Waals surface area contributed by atoms with Crippen molar-refractivity contribution >= 4 is 27.5 Å². The molecule has 0 aliphatic rings. The normalized spacial score (nSPS) is 12.3. The molecule has 1 rings (SSSR count). The van der Waals surface area contributed by atoms with E-state index in [2.05, 4.69) is 21.2 Å². The van der Waals surface area contributed by atoms with E-state index in [1.165, 1.54) is 7.11 Å². The Morgan fingerprint density at radius 1 is 1.47 bits per heavy atom. The van der Waals surface area contributed by atoms with Gasteiger partial charge in [0.1, 0.15) is 6.10 Å². The summed E-state index contributed by atoms with van der Waals surface area (Å²) in [6, 6.07) is 5.74. The van der Waals surface area contributed by atoms with Gasteiger partial charge in [-0.2, -0.15) is 0 Å². The number of benzene rings is 1. The number of carbonyl (C=O) groups excluding carboxylic acids is 1. The lowest BCUT2D eigenvalue weighted by Crippen LogP contribution is -2.26. The molecule has 0 aliphatic heterocycles. The number of amides is 1. The zero-order valence-electron chi connectivity index (χ0n) is 9.00. The summed E-state index contributed by atoms with van der Waals surface area (Å²) >= 11 is 3.37. The maximum Gasteiger partial charge on any atom is 0.253 e. The fourth-order valence-electron chi connectivity index (χ4n) is 1.16. The molecule has 0 radical (unpaired) electrons. The Morgan fingerprint density at radius 3 is 2.67 bits per heavy atom. The fraction of sp³-hybridized carbons (Fsp3) is 0.364. The predicted molar refractivity (Wildman–Crippen MR) is 64.0 cm³/mol. The number of methoxy groups -OCH3 is 1. The Labute approximate surface area is 97.9 Å². The van der Waals surface area contributed by atoms with Gasteiger partial charge in [-0.15, -0.1) is 0 Å². The van der Waals surface area contributed by atoms with E-state index in [1.807, 2.05) is 25.1 Å². The highest BCUT2D eigenvalue weighted by atomic mass is 79.9. The molecule has 1 N–H and O–H groups in total. The summed E-state index contributed by atoms with van der Waals surface area (Å²) in [5, 5.41) is 2.78. The van der Waals surface area contributed by atoms with Crippen molar-refractivity contribution in [3.63, 3.8) is 0 Å². The molecule has 0 spiro atoms. The van der Waals surface area contributed by atoms with Crippen molar-refractivity contribution in [2.24, 2.45) is 0 Å². The summed E-state index contributed by atoms with van der Waals surface area (Å²) < 4.78 is 5.87. The minimum absolute atomic E-state index is 0.144. The van der Waals surface area contributed by atoms with Crippen LogP contribution in [0, 0.1) is 6.92 Å². The van der Waals surface area contributed by atoms with Crippen LogP contribution in [0.2, 0.25) is 0 Å². The Morgan fingerprint density at radius 2 is 2.13 bits per heavy atom. The van der Waals surface area contributed by atoms with Crippen LogP contribution in [0.5, 0.6) is 0 Å². The summed E-state index contributed by atoms with van der Waals surface area (Å²) in [5.74, 6) is -0.144. The standard InChI is InChI=1S/C11H14BrNO2/c1-7-4-9(12)6-10(5-7)13-11(14)8(2)15-3/h4-6,8H,1-3H3,(H,13,14). The number of nitrogens with one attached hydrogen (secondary N) is 1. The van der Waals surface area contributed by atoms with Gasteiger partial charge in [-0.3, -0.25) is 4.79 Å². The summed E-state index contributed by atoms with van der Waals surface area (Å²) in [5.41, 5.74) is 1.86. The van der Waals surface area contributed by atoms with Gasteiger partial charge in [-0.1, -0.05) is 15.9 Å². The van der Waals surface area contributed by atoms with E-state index in [0.29, 0.717) is 0 Å². The molecule has 0 fully saturated rings. The molecule has 0 saturated heterocycles. The number of hydrogen-bond donors (Lipinski definition) is 1. The second-order valence-corrected chi connectivity index (χ2v) is 4.30. The van der Waals surface area contributed by atoms with Gasteiger partial charge in [0.2, 0.25) is 0 Å². The average Bonchev–Trinajstić information content (AvgIpc) is 2.14. The van der Waals surface area contributed by atoms with Gasteiger partial charge < -0.3 is 10.1 Å². The predicted octanol–water partition coefficient (Wildman–Crippen LogP) is 2.73. The zero-order chi connectivity index (χ0) is 11.4. The fourth-order valence-corrected chi connectivity index (χ4v) is 1.77. The van der Waals surface area contributed by atoms with Gasteiger partial charge in [0.15, 0.2) is 0 Å². The van der Waals surface area contributed by atoms with E-state index in [9.17, 15) is 4.79 Å². The molecular formula is C11H14BrNO2. The molecule has 1 atom stereocenters. The molecular weight excluding hydrogens is 258 g/mol. The molecule has 1 aromatic rings. The highest BCUT2D eigenvalue weighted by molar-refractivity contribution is 9.10. The topological polar surface area (TPSA) is 38.3 Å². The van der Waals surface area contributed by atoms with Crippen molar-refractivity contribution in [3.8, 4) is 0 Å². The lowest BCUT2D eigenvalue weighted by molar-refractivity contribution is -0.124. The van der Waals surface area contributed by atoms with Crippen molar-refractivity contribution in [1.82, 2.24) is 0 Å². The minimum atomic E-state index is -0.440. The van der Waals surface area contributed by atoms with Gasteiger partial charge in [0.25, 0.3) is 5.91 Å². The molecule has 4 heteroatoms. The molecule has 1 aromatic carbocycles. The highest BCUT2D eigenvalue weighted by Gasteiger charge is 2.11. The Bertz CT molecular complexity index is 345. The van der Waals surface area contributed by atoms with Crippen molar-refractivity contribution in [1.29, 1.82) is 0 Å². The van der Waals surface area contributed by atoms with Crippen LogP contribution in [0.3, 0.4) is 0 Å². The summed E-state index contributed by atoms with van der Waals surface area (Å²) in [4.78, 5) is 11.5. The first kappa shape index (κ1) is 12.2. The number of ether oxygens (including phenoxy) is 1. The third-order valence-corrected chi connectivity index (χ3v) is 2.49. The van der Waals surface area contributed by atoms with Crippen LogP contribution in [0.4, 0.5) is 5.69 Å². The lowest BCUT2D eigenvalue weighted by Gasteiger charge is -2.11. The number of carbonyl (C=O) groups is 1. The monoisotopic (exact) mass is 271 g/mol. The van der Waals surface area contributed by atoms with Gasteiger partial charge in [-0.05, 0) is 37.6 Å². The van der Waals surface area contributed by atoms with Gasteiger partial charge in [0, 0.05) is 17.3 Å². The molecule has 15 heavy (non-hydrogen) atoms. The van der Waals surface area contributed by atoms with E-state index in [4.69, 9.17) is 4.74 Å². The van der Waals surface area contributed by atoms with E-state index in [0.717, 1.165) is 15.7 Å². The smallest absolute Gasteiger partial charge is 0.253 e. The first-order valence-electron chi connectivity index (χ1n) is 4.64. The molecule has 0 aliphatic carbocycles. The SMILES string of the molecule is COC(C)C(=O)Nc1cc(C)cc(Br)c1. The van der Waals surface area contributed by atoms with Crippen molar-refractivity contribution in [2.75, 3.05) is 12.4 Å². The summed E-state index contributed by atoms with van der Waals surface area (Å²) in [6.45, 7) is 3.68. The molecule has 82 valence electrons. The number of halogens is 1. The van der Waals surface area contributed by atoms with Crippen LogP contribution in [0.15, 0.2) is 22.7 Å². The second-order valence-electron chi connectivity index (χ2n) is 3.38. The average molecular weight is 272 g/mol. The van der Waals surface area contributed by atoms with E-state index >= 15 is 0 Å². The summed E-state index contributed by atoms with van der Waals surface area (Å²) in [7, 11) is 1.51. The molecule has 0 bridgehead atoms. The second kappa shape index (κ2) is 5.28. The van der Waals surface area contributed by atoms with Crippen molar-refractivity contribution in [3.05, 3.63) is 28.2 Å². The molecule has 1 unspecified atom stereocenters. The van der Waals surface area contributed by atoms with E-state index in [1.54, 1.807) is 6.92 Å². The molecule has 1 amide bonds. The Hall–Kier alpha value is -0.870. The largest absolute Gasteiger partial charge is 0.372 e. The third kappa shape index (κ3) is 3.64. The van der Waals surface area contributed by atoms with Gasteiger partial charge >= 0.3 is 0 Å². The molecule has 0 heterocycles. The third-order valence-electron chi connectivity index (χ3n) is 2.03. The highest BCUT2D eigenvalue weighted by Crippen LogP contribution is 2.19. The van der Waals surface area contributed by atoms with Crippen LogP contribution >= 0.6 is 15.9 Å². The lowest BCUT2D eigenvalue weighted by atomic mass is 10.2. The first-order valence-corrected chi connectivity index (χ1v) is 5.43. The van der Waals surface area contributed by atoms with E-state index in [-0.39, 0.29) is 5.91 Å². The number of aryl methyl sites for hydroxylation is 1. The van der Waals surface area contributed by atoms with Crippen LogP contribution in [-0.4, -0.2) is 19.1 Å². The van der Waals surface area contributed by atoms with Crippen molar-refractivity contribution in [2.45, 2.75) is 20.0 Å². The van der Waals surface area contributed by atoms with Crippen molar-refractivity contribution < 1.29 is 9.53 Å². The van der Waals surface area contributed by atoms with Gasteiger partial charge in [0.05, 0.1) is 0 Å².